The molecule has 2 atom stereocenters. The Morgan fingerprint density at radius 3 is 2.52 bits per heavy atom. The van der Waals surface area contributed by atoms with Crippen LogP contribution in [0.15, 0.2) is 21.5 Å². The summed E-state index contributed by atoms with van der Waals surface area (Å²) in [5.41, 5.74) is 0. The van der Waals surface area contributed by atoms with Crippen LogP contribution in [0.5, 0.6) is 0 Å². The fourth-order valence-corrected chi connectivity index (χ4v) is 7.05. The number of hydrogen-bond acceptors (Lipinski definition) is 3. The molecule has 1 aromatic carbocycles. The zero-order chi connectivity index (χ0) is 15.6. The first-order valence-electron chi connectivity index (χ1n) is 6.63. The molecule has 118 valence electrons. The molecule has 0 bridgehead atoms. The standard InChI is InChI=1S/C13H16BrCl2NO2S2/c1-2-20-12-5-3-4-11(12)17-21(18,19)13-9(15)6-8(14)7-10(13)16/h6-7,11-12,17H,2-5H2,1H3. The van der Waals surface area contributed by atoms with Gasteiger partial charge in [-0.15, -0.1) is 0 Å². The van der Waals surface area contributed by atoms with E-state index in [1.807, 2.05) is 0 Å². The van der Waals surface area contributed by atoms with Gasteiger partial charge in [-0.3, -0.25) is 0 Å². The van der Waals surface area contributed by atoms with Gasteiger partial charge < -0.3 is 0 Å². The molecule has 8 heteroatoms. The van der Waals surface area contributed by atoms with Crippen molar-refractivity contribution in [2.45, 2.75) is 42.4 Å². The van der Waals surface area contributed by atoms with Gasteiger partial charge in [0.05, 0.1) is 10.0 Å². The molecule has 1 aliphatic rings. The van der Waals surface area contributed by atoms with Crippen molar-refractivity contribution in [2.24, 2.45) is 0 Å². The highest BCUT2D eigenvalue weighted by Gasteiger charge is 2.33. The highest BCUT2D eigenvalue weighted by Crippen LogP contribution is 2.35. The van der Waals surface area contributed by atoms with E-state index in [0.717, 1.165) is 25.0 Å². The van der Waals surface area contributed by atoms with E-state index in [1.165, 1.54) is 12.1 Å². The molecule has 0 aromatic heterocycles. The largest absolute Gasteiger partial charge is 0.243 e. The Hall–Kier alpha value is 0.540. The highest BCUT2D eigenvalue weighted by molar-refractivity contribution is 9.10. The minimum absolute atomic E-state index is 0.0406. The quantitative estimate of drug-likeness (QED) is 0.732. The minimum Gasteiger partial charge on any atom is -0.207 e. The first kappa shape index (κ1) is 17.9. The Labute approximate surface area is 148 Å². The van der Waals surface area contributed by atoms with Gasteiger partial charge in [0.25, 0.3) is 0 Å². The van der Waals surface area contributed by atoms with Crippen molar-refractivity contribution in [3.8, 4) is 0 Å². The molecule has 2 unspecified atom stereocenters. The van der Waals surface area contributed by atoms with Crippen LogP contribution < -0.4 is 4.72 Å². The van der Waals surface area contributed by atoms with Crippen LogP contribution in [0.25, 0.3) is 0 Å². The van der Waals surface area contributed by atoms with E-state index in [4.69, 9.17) is 23.2 Å². The lowest BCUT2D eigenvalue weighted by molar-refractivity contribution is 0.555. The number of sulfonamides is 1. The Morgan fingerprint density at radius 1 is 1.33 bits per heavy atom. The highest BCUT2D eigenvalue weighted by atomic mass is 79.9. The average molecular weight is 433 g/mol. The lowest BCUT2D eigenvalue weighted by atomic mass is 10.3. The van der Waals surface area contributed by atoms with E-state index < -0.39 is 10.0 Å². The molecule has 0 saturated heterocycles. The lowest BCUT2D eigenvalue weighted by Crippen LogP contribution is -2.39. The molecule has 3 nitrogen and oxygen atoms in total. The third kappa shape index (κ3) is 4.30. The monoisotopic (exact) mass is 431 g/mol. The molecular weight excluding hydrogens is 417 g/mol. The Kier molecular flexibility index (Phi) is 6.31. The molecule has 0 radical (unpaired) electrons. The van der Waals surface area contributed by atoms with Crippen LogP contribution in [-0.2, 0) is 10.0 Å². The molecule has 0 amide bonds. The molecule has 1 aliphatic carbocycles. The van der Waals surface area contributed by atoms with E-state index in [1.54, 1.807) is 11.8 Å². The first-order chi connectivity index (χ1) is 9.85. The number of nitrogens with one attached hydrogen (secondary N) is 1. The van der Waals surface area contributed by atoms with Crippen LogP contribution in [0.4, 0.5) is 0 Å². The van der Waals surface area contributed by atoms with E-state index in [0.29, 0.717) is 9.72 Å². The lowest BCUT2D eigenvalue weighted by Gasteiger charge is -2.21. The van der Waals surface area contributed by atoms with Crippen molar-refractivity contribution in [2.75, 3.05) is 5.75 Å². The van der Waals surface area contributed by atoms with Gasteiger partial charge in [0.2, 0.25) is 10.0 Å². The maximum Gasteiger partial charge on any atom is 0.243 e. The SMILES string of the molecule is CCSC1CCCC1NS(=O)(=O)c1c(Cl)cc(Br)cc1Cl. The van der Waals surface area contributed by atoms with E-state index in [2.05, 4.69) is 27.6 Å². The number of halogens is 3. The van der Waals surface area contributed by atoms with Crippen LogP contribution in [0.1, 0.15) is 26.2 Å². The topological polar surface area (TPSA) is 46.2 Å². The van der Waals surface area contributed by atoms with Gasteiger partial charge in [-0.1, -0.05) is 52.5 Å². The Bertz CT molecular complexity index is 602. The second kappa shape index (κ2) is 7.41. The molecule has 21 heavy (non-hydrogen) atoms. The van der Waals surface area contributed by atoms with Crippen LogP contribution >= 0.6 is 50.9 Å². The van der Waals surface area contributed by atoms with Crippen LogP contribution in [-0.4, -0.2) is 25.5 Å². The summed E-state index contributed by atoms with van der Waals surface area (Å²) in [5.74, 6) is 0.975. The van der Waals surface area contributed by atoms with Gasteiger partial charge in [0.15, 0.2) is 0 Å². The predicted molar refractivity (Wildman–Crippen MR) is 94.0 cm³/mol. The number of thioether (sulfide) groups is 1. The van der Waals surface area contributed by atoms with Gasteiger partial charge in [-0.2, -0.15) is 11.8 Å². The summed E-state index contributed by atoms with van der Waals surface area (Å²) < 4.78 is 28.6. The first-order valence-corrected chi connectivity index (χ1v) is 10.7. The normalized spacial score (nSPS) is 22.7. The van der Waals surface area contributed by atoms with Crippen molar-refractivity contribution in [3.63, 3.8) is 0 Å². The van der Waals surface area contributed by atoms with Crippen LogP contribution in [0.2, 0.25) is 10.0 Å². The molecule has 1 N–H and O–H groups in total. The summed E-state index contributed by atoms with van der Waals surface area (Å²) >= 11 is 17.2. The molecular formula is C13H16BrCl2NO2S2. The number of benzene rings is 1. The summed E-state index contributed by atoms with van der Waals surface area (Å²) in [6, 6.07) is 3.01. The van der Waals surface area contributed by atoms with Crippen LogP contribution in [0.3, 0.4) is 0 Å². The summed E-state index contributed by atoms with van der Waals surface area (Å²) in [7, 11) is -3.72. The summed E-state index contributed by atoms with van der Waals surface area (Å²) in [6.07, 6.45) is 2.92. The minimum atomic E-state index is -3.72. The summed E-state index contributed by atoms with van der Waals surface area (Å²) in [4.78, 5) is -0.0406. The second-order valence-electron chi connectivity index (χ2n) is 4.85. The zero-order valence-corrected chi connectivity index (χ0v) is 16.1. The molecule has 0 heterocycles. The van der Waals surface area contributed by atoms with Crippen LogP contribution in [0, 0.1) is 0 Å². The Morgan fingerprint density at radius 2 is 1.95 bits per heavy atom. The van der Waals surface area contributed by atoms with Crippen molar-refractivity contribution in [1.82, 2.24) is 4.72 Å². The molecule has 0 aliphatic heterocycles. The molecule has 1 saturated carbocycles. The van der Waals surface area contributed by atoms with Gasteiger partial charge >= 0.3 is 0 Å². The maximum atomic E-state index is 12.6. The molecule has 1 fully saturated rings. The van der Waals surface area contributed by atoms with Crippen molar-refractivity contribution in [3.05, 3.63) is 26.7 Å². The number of rotatable bonds is 5. The molecule has 0 spiro atoms. The second-order valence-corrected chi connectivity index (χ2v) is 9.75. The molecule has 1 aromatic rings. The third-order valence-electron chi connectivity index (χ3n) is 3.37. The van der Waals surface area contributed by atoms with Gasteiger partial charge in [-0.25, -0.2) is 13.1 Å². The predicted octanol–water partition coefficient (Wildman–Crippen LogP) is 4.71. The molecule has 2 rings (SSSR count). The summed E-state index contributed by atoms with van der Waals surface area (Å²) in [5, 5.41) is 0.567. The summed E-state index contributed by atoms with van der Waals surface area (Å²) in [6.45, 7) is 2.08. The zero-order valence-electron chi connectivity index (χ0n) is 11.4. The average Bonchev–Trinajstić information content (AvgIpc) is 2.74. The van der Waals surface area contributed by atoms with E-state index >= 15 is 0 Å². The maximum absolute atomic E-state index is 12.6. The van der Waals surface area contributed by atoms with Gasteiger partial charge in [-0.05, 0) is 30.7 Å². The fourth-order valence-electron chi connectivity index (χ4n) is 2.52. The number of hydrogen-bond donors (Lipinski definition) is 1. The Balaban J connectivity index is 2.27. The van der Waals surface area contributed by atoms with Crippen molar-refractivity contribution in [1.29, 1.82) is 0 Å². The fraction of sp³-hybridized carbons (Fsp3) is 0.538. The smallest absolute Gasteiger partial charge is 0.207 e. The van der Waals surface area contributed by atoms with Crippen molar-refractivity contribution >= 4 is 60.9 Å². The third-order valence-corrected chi connectivity index (χ3v) is 7.57. The van der Waals surface area contributed by atoms with Crippen molar-refractivity contribution < 1.29 is 8.42 Å². The van der Waals surface area contributed by atoms with E-state index in [-0.39, 0.29) is 21.0 Å². The van der Waals surface area contributed by atoms with E-state index in [9.17, 15) is 8.42 Å². The van der Waals surface area contributed by atoms with Gasteiger partial charge in [0, 0.05) is 15.8 Å². The van der Waals surface area contributed by atoms with Gasteiger partial charge in [0.1, 0.15) is 4.90 Å².